The molecule has 32 heavy (non-hydrogen) atoms. The number of anilines is 1. The molecule has 2 aromatic heterocycles. The van der Waals surface area contributed by atoms with Crippen LogP contribution in [0.3, 0.4) is 0 Å². The lowest BCUT2D eigenvalue weighted by Gasteiger charge is -2.23. The summed E-state index contributed by atoms with van der Waals surface area (Å²) in [6.45, 7) is 9.49. The van der Waals surface area contributed by atoms with Gasteiger partial charge in [0, 0.05) is 43.5 Å². The normalized spacial score (nSPS) is 14.4. The van der Waals surface area contributed by atoms with Crippen molar-refractivity contribution in [2.45, 2.75) is 59.5 Å². The molecular formula is C25H37N5O2. The van der Waals surface area contributed by atoms with Crippen molar-refractivity contribution in [3.63, 3.8) is 0 Å². The number of likely N-dealkylation sites (N-methyl/N-ethyl adjacent to an activating group) is 2. The molecule has 0 N–H and O–H groups in total. The summed E-state index contributed by atoms with van der Waals surface area (Å²) in [5, 5.41) is 0. The number of ketones is 1. The van der Waals surface area contributed by atoms with Gasteiger partial charge in [-0.25, -0.2) is 9.97 Å². The fraction of sp³-hybridized carbons (Fsp3) is 0.600. The number of aromatic nitrogens is 3. The number of nitrogens with zero attached hydrogens (tertiary/aromatic N) is 5. The lowest BCUT2D eigenvalue weighted by atomic mass is 9.90. The van der Waals surface area contributed by atoms with Gasteiger partial charge in [-0.2, -0.15) is 0 Å². The zero-order chi connectivity index (χ0) is 23.5. The number of rotatable bonds is 9. The van der Waals surface area contributed by atoms with Crippen LogP contribution < -0.4 is 9.64 Å². The zero-order valence-corrected chi connectivity index (χ0v) is 20.6. The van der Waals surface area contributed by atoms with E-state index < -0.39 is 0 Å². The van der Waals surface area contributed by atoms with Gasteiger partial charge in [0.2, 0.25) is 0 Å². The highest BCUT2D eigenvalue weighted by Crippen LogP contribution is 2.31. The molecule has 0 saturated heterocycles. The molecule has 2 aromatic rings. The predicted molar refractivity (Wildman–Crippen MR) is 128 cm³/mol. The quantitative estimate of drug-likeness (QED) is 0.588. The third-order valence-electron chi connectivity index (χ3n) is 5.33. The fourth-order valence-corrected chi connectivity index (χ4v) is 4.22. The van der Waals surface area contributed by atoms with Crippen molar-refractivity contribution in [2.24, 2.45) is 5.41 Å². The summed E-state index contributed by atoms with van der Waals surface area (Å²) in [7, 11) is 6.00. The van der Waals surface area contributed by atoms with Crippen LogP contribution >= 0.6 is 0 Å². The Morgan fingerprint density at radius 2 is 1.94 bits per heavy atom. The molecule has 7 nitrogen and oxygen atoms in total. The van der Waals surface area contributed by atoms with Gasteiger partial charge in [-0.15, -0.1) is 0 Å². The molecule has 1 aliphatic carbocycles. The van der Waals surface area contributed by atoms with Crippen LogP contribution in [-0.4, -0.2) is 66.0 Å². The Hall–Kier alpha value is -2.54. The first-order chi connectivity index (χ1) is 15.0. The Balaban J connectivity index is 1.86. The van der Waals surface area contributed by atoms with Gasteiger partial charge in [-0.3, -0.25) is 9.78 Å². The monoisotopic (exact) mass is 439 g/mol. The van der Waals surface area contributed by atoms with E-state index in [2.05, 4.69) is 30.7 Å². The summed E-state index contributed by atoms with van der Waals surface area (Å²) in [6.07, 6.45) is 5.27. The minimum atomic E-state index is -0.0230. The number of hydrogen-bond donors (Lipinski definition) is 0. The minimum Gasteiger partial charge on any atom is -0.489 e. The highest BCUT2D eigenvalue weighted by molar-refractivity contribution is 5.84. The fourth-order valence-electron chi connectivity index (χ4n) is 4.22. The second-order valence-electron chi connectivity index (χ2n) is 10.3. The average Bonchev–Trinajstić information content (AvgIpc) is 3.13. The summed E-state index contributed by atoms with van der Waals surface area (Å²) in [4.78, 5) is 30.9. The van der Waals surface area contributed by atoms with Gasteiger partial charge in [-0.05, 0) is 51.8 Å². The Labute approximate surface area is 192 Å². The van der Waals surface area contributed by atoms with Crippen molar-refractivity contribution in [3.05, 3.63) is 29.6 Å². The highest BCUT2D eigenvalue weighted by atomic mass is 16.5. The van der Waals surface area contributed by atoms with Crippen molar-refractivity contribution in [2.75, 3.05) is 39.1 Å². The van der Waals surface area contributed by atoms with Gasteiger partial charge in [0.15, 0.2) is 11.6 Å². The molecule has 2 heterocycles. The van der Waals surface area contributed by atoms with Gasteiger partial charge >= 0.3 is 0 Å². The number of carbonyl (C=O) groups excluding carboxylic acids is 1. The molecule has 0 radical (unpaired) electrons. The lowest BCUT2D eigenvalue weighted by molar-refractivity contribution is -0.119. The largest absolute Gasteiger partial charge is 0.489 e. The summed E-state index contributed by atoms with van der Waals surface area (Å²) in [5.41, 5.74) is 2.89. The number of ether oxygens (including phenoxy) is 1. The molecule has 0 spiro atoms. The van der Waals surface area contributed by atoms with E-state index in [0.717, 1.165) is 48.6 Å². The van der Waals surface area contributed by atoms with Crippen LogP contribution in [0.2, 0.25) is 0 Å². The maximum absolute atomic E-state index is 12.6. The smallest absolute Gasteiger partial charge is 0.180 e. The van der Waals surface area contributed by atoms with Crippen LogP contribution in [0.4, 0.5) is 5.82 Å². The molecule has 174 valence electrons. The topological polar surface area (TPSA) is 71.5 Å². The molecule has 0 amide bonds. The van der Waals surface area contributed by atoms with Gasteiger partial charge in [-0.1, -0.05) is 20.8 Å². The first kappa shape index (κ1) is 24.1. The molecule has 0 unspecified atom stereocenters. The third-order valence-corrected chi connectivity index (χ3v) is 5.33. The van der Waals surface area contributed by atoms with Crippen LogP contribution in [0.1, 0.15) is 51.8 Å². The first-order valence-corrected chi connectivity index (χ1v) is 11.4. The number of carbonyl (C=O) groups is 1. The van der Waals surface area contributed by atoms with Crippen molar-refractivity contribution in [1.82, 2.24) is 19.9 Å². The number of fused-ring (bicyclic) bond motifs is 1. The molecule has 7 heteroatoms. The molecule has 0 aromatic carbocycles. The van der Waals surface area contributed by atoms with Crippen LogP contribution in [0.15, 0.2) is 18.3 Å². The number of aryl methyl sites for hydroxylation is 1. The Bertz CT molecular complexity index is 952. The molecule has 0 fully saturated rings. The van der Waals surface area contributed by atoms with Crippen molar-refractivity contribution in [1.29, 1.82) is 0 Å². The SMILES string of the molecule is C[C@@H](CN(C)C)Oc1ccnc(-c2nc3c(c(N(C)CC(=O)CC(C)(C)C)n2)CCC3)c1. The van der Waals surface area contributed by atoms with E-state index in [1.165, 1.54) is 0 Å². The Kier molecular flexibility index (Phi) is 7.49. The van der Waals surface area contributed by atoms with Crippen LogP contribution in [-0.2, 0) is 17.6 Å². The van der Waals surface area contributed by atoms with E-state index in [4.69, 9.17) is 14.7 Å². The minimum absolute atomic E-state index is 0.0230. The average molecular weight is 440 g/mol. The van der Waals surface area contributed by atoms with E-state index in [-0.39, 0.29) is 17.3 Å². The number of hydrogen-bond acceptors (Lipinski definition) is 7. The van der Waals surface area contributed by atoms with E-state index in [1.54, 1.807) is 6.20 Å². The Morgan fingerprint density at radius 1 is 1.19 bits per heavy atom. The van der Waals surface area contributed by atoms with Crippen LogP contribution in [0, 0.1) is 5.41 Å². The lowest BCUT2D eigenvalue weighted by Crippen LogP contribution is -2.30. The standard InChI is InChI=1S/C25H37N5O2/c1-17(15-29(5)6)32-19-11-12-26-22(13-19)23-27-21-10-8-9-20(21)24(28-23)30(7)16-18(31)14-25(2,3)4/h11-13,17H,8-10,14-16H2,1-7H3/t17-/m0/s1. The molecule has 1 atom stereocenters. The van der Waals surface area contributed by atoms with E-state index in [9.17, 15) is 4.79 Å². The molecule has 1 aliphatic rings. The predicted octanol–water partition coefficient (Wildman–Crippen LogP) is 3.80. The zero-order valence-electron chi connectivity index (χ0n) is 20.6. The number of Topliss-reactive ketones (excluding diaryl/α,β-unsaturated/α-hetero) is 1. The second kappa shape index (κ2) is 9.94. The van der Waals surface area contributed by atoms with Crippen LogP contribution in [0.5, 0.6) is 5.75 Å². The Morgan fingerprint density at radius 3 is 2.62 bits per heavy atom. The van der Waals surface area contributed by atoms with Gasteiger partial charge < -0.3 is 14.5 Å². The highest BCUT2D eigenvalue weighted by Gasteiger charge is 2.24. The van der Waals surface area contributed by atoms with Gasteiger partial charge in [0.05, 0.1) is 6.54 Å². The van der Waals surface area contributed by atoms with E-state index >= 15 is 0 Å². The van der Waals surface area contributed by atoms with Gasteiger partial charge in [0.25, 0.3) is 0 Å². The van der Waals surface area contributed by atoms with Crippen molar-refractivity contribution >= 4 is 11.6 Å². The molecule has 0 aliphatic heterocycles. The molecule has 0 saturated carbocycles. The molecule has 0 bridgehead atoms. The summed E-state index contributed by atoms with van der Waals surface area (Å²) < 4.78 is 6.06. The number of pyridine rings is 1. The summed E-state index contributed by atoms with van der Waals surface area (Å²) >= 11 is 0. The molecule has 3 rings (SSSR count). The summed E-state index contributed by atoms with van der Waals surface area (Å²) in [6, 6.07) is 3.76. The summed E-state index contributed by atoms with van der Waals surface area (Å²) in [5.74, 6) is 2.40. The van der Waals surface area contributed by atoms with E-state index in [0.29, 0.717) is 24.5 Å². The van der Waals surface area contributed by atoms with Crippen molar-refractivity contribution < 1.29 is 9.53 Å². The maximum atomic E-state index is 12.6. The van der Waals surface area contributed by atoms with Crippen LogP contribution in [0.25, 0.3) is 11.5 Å². The molecular weight excluding hydrogens is 402 g/mol. The first-order valence-electron chi connectivity index (χ1n) is 11.4. The van der Waals surface area contributed by atoms with Gasteiger partial charge in [0.1, 0.15) is 23.4 Å². The second-order valence-corrected chi connectivity index (χ2v) is 10.3. The van der Waals surface area contributed by atoms with Crippen molar-refractivity contribution in [3.8, 4) is 17.3 Å². The maximum Gasteiger partial charge on any atom is 0.180 e. The van der Waals surface area contributed by atoms with E-state index in [1.807, 2.05) is 45.1 Å². The third kappa shape index (κ3) is 6.48.